The molecule has 0 atom stereocenters. The van der Waals surface area contributed by atoms with E-state index in [0.717, 1.165) is 26.7 Å². The van der Waals surface area contributed by atoms with Gasteiger partial charge in [0.25, 0.3) is 0 Å². The Labute approximate surface area is 181 Å². The number of aromatic nitrogens is 1. The van der Waals surface area contributed by atoms with Gasteiger partial charge in [-0.2, -0.15) is 4.31 Å². The molecule has 7 nitrogen and oxygen atoms in total. The maximum Gasteiger partial charge on any atom is 0.245 e. The summed E-state index contributed by atoms with van der Waals surface area (Å²) in [5, 5.41) is 3.25. The highest BCUT2D eigenvalue weighted by Crippen LogP contribution is 2.31. The zero-order valence-electron chi connectivity index (χ0n) is 16.5. The molecule has 1 amide bonds. The van der Waals surface area contributed by atoms with Gasteiger partial charge in [0, 0.05) is 25.1 Å². The number of carbonyl (C=O) groups is 1. The number of amides is 1. The fourth-order valence-corrected chi connectivity index (χ4v) is 5.89. The Kier molecular flexibility index (Phi) is 5.91. The van der Waals surface area contributed by atoms with Crippen LogP contribution in [-0.2, 0) is 14.8 Å². The molecule has 0 bridgehead atoms. The molecule has 164 valence electrons. The first-order chi connectivity index (χ1) is 14.8. The van der Waals surface area contributed by atoms with Crippen molar-refractivity contribution in [2.45, 2.75) is 17.7 Å². The number of sulfonamides is 1. The molecule has 0 radical (unpaired) electrons. The van der Waals surface area contributed by atoms with Gasteiger partial charge in [0.1, 0.15) is 22.3 Å². The van der Waals surface area contributed by atoms with E-state index in [0.29, 0.717) is 16.9 Å². The van der Waals surface area contributed by atoms with Gasteiger partial charge in [-0.05, 0) is 43.2 Å². The third kappa shape index (κ3) is 4.39. The Morgan fingerprint density at radius 3 is 2.61 bits per heavy atom. The molecule has 1 N–H and O–H groups in total. The number of ether oxygens (including phenoxy) is 1. The largest absolute Gasteiger partial charge is 0.497 e. The Bertz CT molecular complexity index is 1240. The van der Waals surface area contributed by atoms with E-state index >= 15 is 0 Å². The summed E-state index contributed by atoms with van der Waals surface area (Å²) in [7, 11) is -2.53. The van der Waals surface area contributed by atoms with E-state index in [4.69, 9.17) is 4.74 Å². The average Bonchev–Trinajstić information content (AvgIpc) is 3.14. The normalized spacial score (nSPS) is 15.8. The third-order valence-corrected chi connectivity index (χ3v) is 8.03. The number of hydrogen-bond donors (Lipinski definition) is 1. The van der Waals surface area contributed by atoms with E-state index < -0.39 is 32.5 Å². The van der Waals surface area contributed by atoms with Crippen molar-refractivity contribution in [2.75, 3.05) is 25.5 Å². The van der Waals surface area contributed by atoms with E-state index in [1.807, 2.05) is 6.07 Å². The van der Waals surface area contributed by atoms with Crippen molar-refractivity contribution in [3.63, 3.8) is 0 Å². The van der Waals surface area contributed by atoms with Gasteiger partial charge in [-0.25, -0.2) is 22.2 Å². The van der Waals surface area contributed by atoms with Crippen molar-refractivity contribution in [3.8, 4) is 5.75 Å². The van der Waals surface area contributed by atoms with Gasteiger partial charge >= 0.3 is 0 Å². The SMILES string of the molecule is COc1ccc2nc(NC(=O)C3CCN(S(=O)(=O)c4ccc(F)cc4F)CC3)sc2c1. The van der Waals surface area contributed by atoms with Crippen molar-refractivity contribution in [2.24, 2.45) is 5.92 Å². The van der Waals surface area contributed by atoms with Gasteiger partial charge in [0.05, 0.1) is 17.3 Å². The van der Waals surface area contributed by atoms with Crippen LogP contribution in [0.3, 0.4) is 0 Å². The van der Waals surface area contributed by atoms with Crippen LogP contribution in [-0.4, -0.2) is 43.8 Å². The first-order valence-electron chi connectivity index (χ1n) is 9.48. The van der Waals surface area contributed by atoms with Crippen molar-refractivity contribution in [1.82, 2.24) is 9.29 Å². The quantitative estimate of drug-likeness (QED) is 0.619. The Morgan fingerprint density at radius 2 is 1.94 bits per heavy atom. The number of rotatable bonds is 5. The van der Waals surface area contributed by atoms with Crippen LogP contribution in [0.2, 0.25) is 0 Å². The van der Waals surface area contributed by atoms with Crippen LogP contribution >= 0.6 is 11.3 Å². The summed E-state index contributed by atoms with van der Waals surface area (Å²) >= 11 is 1.32. The number of hydrogen-bond acceptors (Lipinski definition) is 6. The van der Waals surface area contributed by atoms with Crippen LogP contribution in [0.1, 0.15) is 12.8 Å². The van der Waals surface area contributed by atoms with Crippen LogP contribution in [0.15, 0.2) is 41.3 Å². The van der Waals surface area contributed by atoms with Crippen molar-refractivity contribution in [3.05, 3.63) is 48.0 Å². The molecule has 0 spiro atoms. The number of methoxy groups -OCH3 is 1. The third-order valence-electron chi connectivity index (χ3n) is 5.16. The minimum Gasteiger partial charge on any atom is -0.497 e. The lowest BCUT2D eigenvalue weighted by Crippen LogP contribution is -2.41. The second-order valence-electron chi connectivity index (χ2n) is 7.10. The number of fused-ring (bicyclic) bond motifs is 1. The van der Waals surface area contributed by atoms with Crippen molar-refractivity contribution < 1.29 is 26.7 Å². The predicted octanol–water partition coefficient (Wildman–Crippen LogP) is 3.62. The van der Waals surface area contributed by atoms with Gasteiger partial charge in [0.2, 0.25) is 15.9 Å². The predicted molar refractivity (Wildman–Crippen MR) is 113 cm³/mol. The summed E-state index contributed by atoms with van der Waals surface area (Å²) in [5.41, 5.74) is 0.739. The summed E-state index contributed by atoms with van der Waals surface area (Å²) in [6.45, 7) is 0.128. The van der Waals surface area contributed by atoms with E-state index in [9.17, 15) is 22.0 Å². The van der Waals surface area contributed by atoms with Crippen LogP contribution in [0.4, 0.5) is 13.9 Å². The monoisotopic (exact) mass is 467 g/mol. The van der Waals surface area contributed by atoms with Crippen LogP contribution in [0, 0.1) is 17.6 Å². The van der Waals surface area contributed by atoms with Crippen LogP contribution in [0.25, 0.3) is 10.2 Å². The molecule has 2 heterocycles. The molecule has 31 heavy (non-hydrogen) atoms. The Balaban J connectivity index is 1.41. The number of carbonyl (C=O) groups excluding carboxylic acids is 1. The van der Waals surface area contributed by atoms with E-state index in [1.165, 1.54) is 11.3 Å². The summed E-state index contributed by atoms with van der Waals surface area (Å²) in [5.74, 6) is -1.92. The molecule has 1 saturated heterocycles. The van der Waals surface area contributed by atoms with Gasteiger partial charge in [-0.1, -0.05) is 11.3 Å². The van der Waals surface area contributed by atoms with Crippen molar-refractivity contribution >= 4 is 42.6 Å². The number of thiazole rings is 1. The molecular formula is C20H19F2N3O4S2. The fourth-order valence-electron chi connectivity index (χ4n) is 3.47. The minimum absolute atomic E-state index is 0.0638. The molecule has 0 unspecified atom stereocenters. The molecule has 11 heteroatoms. The molecule has 1 aliphatic rings. The topological polar surface area (TPSA) is 88.6 Å². The molecular weight excluding hydrogens is 448 g/mol. The van der Waals surface area contributed by atoms with E-state index in [2.05, 4.69) is 10.3 Å². The standard InChI is InChI=1S/C20H19F2N3O4S2/c1-29-14-3-4-16-17(11-14)30-20(23-16)24-19(26)12-6-8-25(9-7-12)31(27,28)18-5-2-13(21)10-15(18)22/h2-5,10-12H,6-9H2,1H3,(H,23,24,26). The summed E-state index contributed by atoms with van der Waals surface area (Å²) in [4.78, 5) is 16.5. The molecule has 1 aliphatic heterocycles. The van der Waals surface area contributed by atoms with Crippen molar-refractivity contribution in [1.29, 1.82) is 0 Å². The Morgan fingerprint density at radius 1 is 1.19 bits per heavy atom. The summed E-state index contributed by atoms with van der Waals surface area (Å²) in [6.07, 6.45) is 0.569. The first kappa shape index (κ1) is 21.6. The molecule has 4 rings (SSSR count). The lowest BCUT2D eigenvalue weighted by Gasteiger charge is -2.30. The lowest BCUT2D eigenvalue weighted by atomic mass is 9.97. The second kappa shape index (κ2) is 8.48. The summed E-state index contributed by atoms with van der Waals surface area (Å²) in [6, 6.07) is 7.79. The van der Waals surface area contributed by atoms with Crippen LogP contribution in [0.5, 0.6) is 5.75 Å². The Hall–Kier alpha value is -2.63. The van der Waals surface area contributed by atoms with Gasteiger partial charge in [-0.15, -0.1) is 0 Å². The highest BCUT2D eigenvalue weighted by Gasteiger charge is 2.33. The maximum absolute atomic E-state index is 14.0. The minimum atomic E-state index is -4.10. The van der Waals surface area contributed by atoms with Crippen LogP contribution < -0.4 is 10.1 Å². The summed E-state index contributed by atoms with van der Waals surface area (Å²) < 4.78 is 59.6. The van der Waals surface area contributed by atoms with Gasteiger partial charge < -0.3 is 10.1 Å². The molecule has 0 aliphatic carbocycles. The highest BCUT2D eigenvalue weighted by atomic mass is 32.2. The molecule has 1 fully saturated rings. The number of anilines is 1. The zero-order chi connectivity index (χ0) is 22.2. The molecule has 3 aromatic rings. The maximum atomic E-state index is 14.0. The lowest BCUT2D eigenvalue weighted by molar-refractivity contribution is -0.120. The molecule has 1 aromatic heterocycles. The number of nitrogens with zero attached hydrogens (tertiary/aromatic N) is 2. The van der Waals surface area contributed by atoms with E-state index in [-0.39, 0.29) is 31.8 Å². The van der Waals surface area contributed by atoms with Gasteiger partial charge in [0.15, 0.2) is 5.13 Å². The smallest absolute Gasteiger partial charge is 0.245 e. The fraction of sp³-hybridized carbons (Fsp3) is 0.300. The number of halogens is 2. The molecule has 2 aromatic carbocycles. The van der Waals surface area contributed by atoms with Gasteiger partial charge in [-0.3, -0.25) is 4.79 Å². The zero-order valence-corrected chi connectivity index (χ0v) is 18.1. The number of piperidine rings is 1. The highest BCUT2D eigenvalue weighted by molar-refractivity contribution is 7.89. The second-order valence-corrected chi connectivity index (χ2v) is 10.0. The number of benzene rings is 2. The first-order valence-corrected chi connectivity index (χ1v) is 11.7. The number of nitrogens with one attached hydrogen (secondary N) is 1. The average molecular weight is 468 g/mol. The molecule has 0 saturated carbocycles. The van der Waals surface area contributed by atoms with E-state index in [1.54, 1.807) is 19.2 Å².